The maximum Gasteiger partial charge on any atom is 0.244 e. The Morgan fingerprint density at radius 1 is 1.12 bits per heavy atom. The molecule has 0 aliphatic carbocycles. The van der Waals surface area contributed by atoms with Gasteiger partial charge in [-0.25, -0.2) is 0 Å². The molecule has 0 atom stereocenters. The lowest BCUT2D eigenvalue weighted by Gasteiger charge is -2.15. The highest BCUT2D eigenvalue weighted by atomic mass is 16.5. The number of amides is 1. The summed E-state index contributed by atoms with van der Waals surface area (Å²) in [6.07, 6.45) is 5.92. The quantitative estimate of drug-likeness (QED) is 0.776. The monoisotopic (exact) mass is 350 g/mol. The van der Waals surface area contributed by atoms with E-state index >= 15 is 0 Å². The standard InChI is InChI=1S/C22H26N2O2/c1-26-21-10-3-2-9-20(21)11-12-22(25)23-16-18-7-6-8-19(15-18)17-24-13-4-5-14-24/h2-3,6-12,15H,4-5,13-14,16-17H2,1H3,(H,23,25)/b12-11+. The molecule has 2 aromatic carbocycles. The van der Waals surface area contributed by atoms with Gasteiger partial charge in [0, 0.05) is 24.7 Å². The second-order valence-corrected chi connectivity index (χ2v) is 6.60. The third-order valence-corrected chi connectivity index (χ3v) is 4.62. The number of hydrogen-bond donors (Lipinski definition) is 1. The van der Waals surface area contributed by atoms with Gasteiger partial charge in [0.25, 0.3) is 0 Å². The van der Waals surface area contributed by atoms with Crippen molar-refractivity contribution in [3.63, 3.8) is 0 Å². The number of nitrogens with one attached hydrogen (secondary N) is 1. The van der Waals surface area contributed by atoms with Crippen molar-refractivity contribution in [1.82, 2.24) is 10.2 Å². The second-order valence-electron chi connectivity index (χ2n) is 6.60. The molecule has 4 nitrogen and oxygen atoms in total. The maximum absolute atomic E-state index is 12.1. The highest BCUT2D eigenvalue weighted by Crippen LogP contribution is 2.18. The van der Waals surface area contributed by atoms with Crippen LogP contribution in [0.3, 0.4) is 0 Å². The predicted molar refractivity (Wildman–Crippen MR) is 105 cm³/mol. The lowest BCUT2D eigenvalue weighted by Crippen LogP contribution is -2.21. The van der Waals surface area contributed by atoms with Crippen LogP contribution in [0, 0.1) is 0 Å². The summed E-state index contributed by atoms with van der Waals surface area (Å²) in [5.74, 6) is 0.645. The van der Waals surface area contributed by atoms with E-state index < -0.39 is 0 Å². The summed E-state index contributed by atoms with van der Waals surface area (Å²) in [5, 5.41) is 2.95. The molecule has 1 N–H and O–H groups in total. The third kappa shape index (κ3) is 5.20. The van der Waals surface area contributed by atoms with Gasteiger partial charge in [-0.05, 0) is 49.2 Å². The van der Waals surface area contributed by atoms with E-state index in [4.69, 9.17) is 4.74 Å². The molecule has 0 unspecified atom stereocenters. The van der Waals surface area contributed by atoms with Crippen molar-refractivity contribution >= 4 is 12.0 Å². The Morgan fingerprint density at radius 2 is 1.88 bits per heavy atom. The topological polar surface area (TPSA) is 41.6 Å². The Kier molecular flexibility index (Phi) is 6.45. The van der Waals surface area contributed by atoms with Crippen molar-refractivity contribution < 1.29 is 9.53 Å². The molecule has 2 aromatic rings. The van der Waals surface area contributed by atoms with Gasteiger partial charge in [-0.15, -0.1) is 0 Å². The maximum atomic E-state index is 12.1. The first-order valence-electron chi connectivity index (χ1n) is 9.14. The predicted octanol–water partition coefficient (Wildman–Crippen LogP) is 3.62. The van der Waals surface area contributed by atoms with Crippen molar-refractivity contribution in [2.75, 3.05) is 20.2 Å². The van der Waals surface area contributed by atoms with Gasteiger partial charge in [-0.3, -0.25) is 9.69 Å². The number of ether oxygens (including phenoxy) is 1. The summed E-state index contributed by atoms with van der Waals surface area (Å²) >= 11 is 0. The first-order chi connectivity index (χ1) is 12.7. The molecule has 0 aromatic heterocycles. The van der Waals surface area contributed by atoms with Crippen molar-refractivity contribution in [2.24, 2.45) is 0 Å². The molecular weight excluding hydrogens is 324 g/mol. The average Bonchev–Trinajstić information content (AvgIpc) is 3.18. The van der Waals surface area contributed by atoms with Crippen LogP contribution in [0.5, 0.6) is 5.75 Å². The first-order valence-corrected chi connectivity index (χ1v) is 9.14. The van der Waals surface area contributed by atoms with Crippen molar-refractivity contribution in [1.29, 1.82) is 0 Å². The van der Waals surface area contributed by atoms with E-state index in [9.17, 15) is 4.79 Å². The molecule has 0 saturated carbocycles. The van der Waals surface area contributed by atoms with Crippen LogP contribution < -0.4 is 10.1 Å². The number of benzene rings is 2. The molecule has 1 aliphatic rings. The van der Waals surface area contributed by atoms with Crippen molar-refractivity contribution in [3.05, 3.63) is 71.3 Å². The van der Waals surface area contributed by atoms with Crippen LogP contribution in [0.15, 0.2) is 54.6 Å². The Balaban J connectivity index is 1.53. The van der Waals surface area contributed by atoms with E-state index in [1.165, 1.54) is 31.5 Å². The fourth-order valence-electron chi connectivity index (χ4n) is 3.25. The summed E-state index contributed by atoms with van der Waals surface area (Å²) < 4.78 is 5.29. The number of likely N-dealkylation sites (tertiary alicyclic amines) is 1. The van der Waals surface area contributed by atoms with E-state index in [-0.39, 0.29) is 5.91 Å². The van der Waals surface area contributed by atoms with E-state index in [2.05, 4.69) is 34.5 Å². The van der Waals surface area contributed by atoms with Crippen molar-refractivity contribution in [3.8, 4) is 5.75 Å². The third-order valence-electron chi connectivity index (χ3n) is 4.62. The van der Waals surface area contributed by atoms with Crippen LogP contribution >= 0.6 is 0 Å². The van der Waals surface area contributed by atoms with Gasteiger partial charge in [0.1, 0.15) is 5.75 Å². The minimum Gasteiger partial charge on any atom is -0.496 e. The molecule has 3 rings (SSSR count). The number of rotatable bonds is 7. The highest BCUT2D eigenvalue weighted by molar-refractivity contribution is 5.92. The van der Waals surface area contributed by atoms with E-state index in [0.29, 0.717) is 6.54 Å². The number of carbonyl (C=O) groups is 1. The normalized spacial score (nSPS) is 14.7. The van der Waals surface area contributed by atoms with Gasteiger partial charge in [0.2, 0.25) is 5.91 Å². The number of nitrogens with zero attached hydrogens (tertiary/aromatic N) is 1. The Morgan fingerprint density at radius 3 is 2.69 bits per heavy atom. The minimum atomic E-state index is -0.110. The molecular formula is C22H26N2O2. The molecule has 1 amide bonds. The molecule has 0 radical (unpaired) electrons. The van der Waals surface area contributed by atoms with E-state index in [1.807, 2.05) is 24.3 Å². The van der Waals surface area contributed by atoms with Crippen LogP contribution in [0.25, 0.3) is 6.08 Å². The molecule has 0 spiro atoms. The molecule has 0 bridgehead atoms. The van der Waals surface area contributed by atoms with Gasteiger partial charge < -0.3 is 10.1 Å². The summed E-state index contributed by atoms with van der Waals surface area (Å²) in [4.78, 5) is 14.6. The zero-order valence-corrected chi connectivity index (χ0v) is 15.3. The fraction of sp³-hybridized carbons (Fsp3) is 0.318. The van der Waals surface area contributed by atoms with E-state index in [0.717, 1.165) is 23.4 Å². The first kappa shape index (κ1) is 18.2. The molecule has 1 saturated heterocycles. The molecule has 1 heterocycles. The van der Waals surface area contributed by atoms with Crippen LogP contribution in [0.4, 0.5) is 0 Å². The van der Waals surface area contributed by atoms with Gasteiger partial charge in [-0.2, -0.15) is 0 Å². The number of methoxy groups -OCH3 is 1. The Hall–Kier alpha value is -2.59. The SMILES string of the molecule is COc1ccccc1/C=C/C(=O)NCc1cccc(CN2CCCC2)c1. The molecule has 4 heteroatoms. The summed E-state index contributed by atoms with van der Waals surface area (Å²) in [6, 6.07) is 16.1. The number of carbonyl (C=O) groups excluding carboxylic acids is 1. The minimum absolute atomic E-state index is 0.110. The second kappa shape index (κ2) is 9.20. The van der Waals surface area contributed by atoms with Crippen molar-refractivity contribution in [2.45, 2.75) is 25.9 Å². The van der Waals surface area contributed by atoms with Gasteiger partial charge in [0.05, 0.1) is 7.11 Å². The molecule has 136 valence electrons. The highest BCUT2D eigenvalue weighted by Gasteiger charge is 2.11. The Labute approximate surface area is 155 Å². The van der Waals surface area contributed by atoms with E-state index in [1.54, 1.807) is 19.3 Å². The zero-order valence-electron chi connectivity index (χ0n) is 15.3. The Bertz CT molecular complexity index is 764. The summed E-state index contributed by atoms with van der Waals surface area (Å²) in [5.41, 5.74) is 3.32. The van der Waals surface area contributed by atoms with Gasteiger partial charge >= 0.3 is 0 Å². The molecule has 1 fully saturated rings. The number of hydrogen-bond acceptors (Lipinski definition) is 3. The van der Waals surface area contributed by atoms with Crippen LogP contribution in [0.1, 0.15) is 29.5 Å². The largest absolute Gasteiger partial charge is 0.496 e. The number of para-hydroxylation sites is 1. The lowest BCUT2D eigenvalue weighted by atomic mass is 10.1. The average molecular weight is 350 g/mol. The van der Waals surface area contributed by atoms with Crippen LogP contribution in [-0.4, -0.2) is 31.0 Å². The summed E-state index contributed by atoms with van der Waals surface area (Å²) in [7, 11) is 1.63. The fourth-order valence-corrected chi connectivity index (χ4v) is 3.25. The van der Waals surface area contributed by atoms with Gasteiger partial charge in [-0.1, -0.05) is 42.5 Å². The smallest absolute Gasteiger partial charge is 0.244 e. The van der Waals surface area contributed by atoms with Gasteiger partial charge in [0.15, 0.2) is 0 Å². The summed E-state index contributed by atoms with van der Waals surface area (Å²) in [6.45, 7) is 3.90. The lowest BCUT2D eigenvalue weighted by molar-refractivity contribution is -0.116. The molecule has 26 heavy (non-hydrogen) atoms. The van der Waals surface area contributed by atoms with Crippen LogP contribution in [0.2, 0.25) is 0 Å². The molecule has 1 aliphatic heterocycles. The zero-order chi connectivity index (χ0) is 18.2. The van der Waals surface area contributed by atoms with Crippen LogP contribution in [-0.2, 0) is 17.9 Å².